The Kier molecular flexibility index (Phi) is 12.4. The molecule has 0 heterocycles. The Morgan fingerprint density at radius 1 is 0.846 bits per heavy atom. The summed E-state index contributed by atoms with van der Waals surface area (Å²) in [6, 6.07) is 0. The Morgan fingerprint density at radius 2 is 1.69 bits per heavy atom. The maximum atomic E-state index is 8.50. The summed E-state index contributed by atoms with van der Waals surface area (Å²) in [5.74, 6) is 1.76. The van der Waals surface area contributed by atoms with E-state index in [2.05, 4.69) is 0 Å². The van der Waals surface area contributed by atoms with Crippen molar-refractivity contribution in [3.63, 3.8) is 0 Å². The molecule has 13 heavy (non-hydrogen) atoms. The van der Waals surface area contributed by atoms with Crippen LogP contribution in [0.2, 0.25) is 0 Å². The normalized spacial score (nSPS) is 10.6. The first kappa shape index (κ1) is 13.2. The van der Waals surface area contributed by atoms with Crippen LogP contribution < -0.4 is 0 Å². The molecule has 0 aromatic carbocycles. The molecule has 0 aliphatic rings. The van der Waals surface area contributed by atoms with Gasteiger partial charge in [0.2, 0.25) is 0 Å². The van der Waals surface area contributed by atoms with Gasteiger partial charge in [0, 0.05) is 24.7 Å². The van der Waals surface area contributed by atoms with Gasteiger partial charge in [0.15, 0.2) is 0 Å². The number of aliphatic hydroxyl groups excluding tert-OH is 2. The summed E-state index contributed by atoms with van der Waals surface area (Å²) in [5, 5.41) is 17.0. The molecule has 0 aromatic rings. The SMILES string of the molecule is OCCCCCOCCSCCO. The number of thioether (sulfide) groups is 1. The van der Waals surface area contributed by atoms with Crippen LogP contribution >= 0.6 is 11.8 Å². The van der Waals surface area contributed by atoms with E-state index in [9.17, 15) is 0 Å². The molecular formula is C9H20O3S. The molecule has 0 aromatic heterocycles. The van der Waals surface area contributed by atoms with Crippen LogP contribution in [0.3, 0.4) is 0 Å². The summed E-state index contributed by atoms with van der Waals surface area (Å²) >= 11 is 1.71. The summed E-state index contributed by atoms with van der Waals surface area (Å²) in [7, 11) is 0. The molecule has 0 unspecified atom stereocenters. The van der Waals surface area contributed by atoms with Crippen LogP contribution in [0.1, 0.15) is 19.3 Å². The van der Waals surface area contributed by atoms with Gasteiger partial charge in [-0.15, -0.1) is 0 Å². The first-order valence-electron chi connectivity index (χ1n) is 4.79. The highest BCUT2D eigenvalue weighted by Crippen LogP contribution is 1.99. The van der Waals surface area contributed by atoms with Gasteiger partial charge in [-0.05, 0) is 19.3 Å². The van der Waals surface area contributed by atoms with Crippen LogP contribution in [0.25, 0.3) is 0 Å². The summed E-state index contributed by atoms with van der Waals surface area (Å²) in [6.07, 6.45) is 2.95. The van der Waals surface area contributed by atoms with Gasteiger partial charge in [-0.25, -0.2) is 0 Å². The highest BCUT2D eigenvalue weighted by Gasteiger charge is 1.90. The minimum atomic E-state index is 0.251. The van der Waals surface area contributed by atoms with E-state index in [1.165, 1.54) is 0 Å². The van der Waals surface area contributed by atoms with Crippen molar-refractivity contribution in [3.8, 4) is 0 Å². The second-order valence-electron chi connectivity index (χ2n) is 2.73. The Labute approximate surface area is 84.5 Å². The van der Waals surface area contributed by atoms with E-state index < -0.39 is 0 Å². The van der Waals surface area contributed by atoms with Gasteiger partial charge in [-0.2, -0.15) is 11.8 Å². The number of ether oxygens (including phenoxy) is 1. The minimum Gasteiger partial charge on any atom is -0.396 e. The molecule has 0 bridgehead atoms. The Balaban J connectivity index is 2.76. The highest BCUT2D eigenvalue weighted by molar-refractivity contribution is 7.99. The fourth-order valence-electron chi connectivity index (χ4n) is 0.879. The van der Waals surface area contributed by atoms with E-state index in [1.807, 2.05) is 0 Å². The lowest BCUT2D eigenvalue weighted by atomic mass is 10.2. The second kappa shape index (κ2) is 12.2. The van der Waals surface area contributed by atoms with Crippen molar-refractivity contribution in [1.82, 2.24) is 0 Å². The molecule has 4 heteroatoms. The molecule has 80 valence electrons. The molecular weight excluding hydrogens is 188 g/mol. The first-order valence-corrected chi connectivity index (χ1v) is 5.94. The zero-order valence-electron chi connectivity index (χ0n) is 8.07. The molecule has 2 N–H and O–H groups in total. The number of hydrogen-bond acceptors (Lipinski definition) is 4. The zero-order valence-corrected chi connectivity index (χ0v) is 8.89. The molecule has 0 fully saturated rings. The third-order valence-corrected chi connectivity index (χ3v) is 2.48. The predicted molar refractivity (Wildman–Crippen MR) is 56.2 cm³/mol. The number of hydrogen-bond donors (Lipinski definition) is 2. The maximum absolute atomic E-state index is 8.50. The summed E-state index contributed by atoms with van der Waals surface area (Å²) in [4.78, 5) is 0. The van der Waals surface area contributed by atoms with E-state index in [4.69, 9.17) is 14.9 Å². The van der Waals surface area contributed by atoms with Crippen molar-refractivity contribution >= 4 is 11.8 Å². The van der Waals surface area contributed by atoms with Gasteiger partial charge < -0.3 is 14.9 Å². The summed E-state index contributed by atoms with van der Waals surface area (Å²) < 4.78 is 5.34. The fraction of sp³-hybridized carbons (Fsp3) is 1.00. The molecule has 0 saturated heterocycles. The number of unbranched alkanes of at least 4 members (excludes halogenated alkanes) is 2. The average molecular weight is 208 g/mol. The van der Waals surface area contributed by atoms with E-state index >= 15 is 0 Å². The lowest BCUT2D eigenvalue weighted by Crippen LogP contribution is -2.01. The van der Waals surface area contributed by atoms with Crippen LogP contribution in [0.15, 0.2) is 0 Å². The van der Waals surface area contributed by atoms with E-state index in [-0.39, 0.29) is 13.2 Å². The van der Waals surface area contributed by atoms with Crippen molar-refractivity contribution in [2.24, 2.45) is 0 Å². The van der Waals surface area contributed by atoms with Crippen molar-refractivity contribution in [3.05, 3.63) is 0 Å². The molecule has 0 aliphatic heterocycles. The smallest absolute Gasteiger partial charge is 0.0556 e. The van der Waals surface area contributed by atoms with Gasteiger partial charge in [0.25, 0.3) is 0 Å². The quantitative estimate of drug-likeness (QED) is 0.524. The van der Waals surface area contributed by atoms with Gasteiger partial charge in [0.1, 0.15) is 0 Å². The molecule has 0 radical (unpaired) electrons. The molecule has 3 nitrogen and oxygen atoms in total. The summed E-state index contributed by atoms with van der Waals surface area (Å²) in [5.41, 5.74) is 0. The lowest BCUT2D eigenvalue weighted by Gasteiger charge is -2.02. The van der Waals surface area contributed by atoms with Crippen LogP contribution in [-0.4, -0.2) is 48.1 Å². The first-order chi connectivity index (χ1) is 6.41. The monoisotopic (exact) mass is 208 g/mol. The Morgan fingerprint density at radius 3 is 2.38 bits per heavy atom. The van der Waals surface area contributed by atoms with Crippen molar-refractivity contribution in [2.75, 3.05) is 37.9 Å². The van der Waals surface area contributed by atoms with Gasteiger partial charge in [-0.1, -0.05) is 0 Å². The topological polar surface area (TPSA) is 49.7 Å². The number of aliphatic hydroxyl groups is 2. The predicted octanol–water partition coefficient (Wildman–Crippen LogP) is 0.891. The molecule has 0 amide bonds. The van der Waals surface area contributed by atoms with Gasteiger partial charge >= 0.3 is 0 Å². The minimum absolute atomic E-state index is 0.251. The fourth-order valence-corrected chi connectivity index (χ4v) is 1.45. The van der Waals surface area contributed by atoms with E-state index in [0.717, 1.165) is 44.0 Å². The molecule has 0 spiro atoms. The summed E-state index contributed by atoms with van der Waals surface area (Å²) in [6.45, 7) is 2.09. The molecule has 0 aliphatic carbocycles. The maximum Gasteiger partial charge on any atom is 0.0556 e. The zero-order chi connectivity index (χ0) is 9.78. The lowest BCUT2D eigenvalue weighted by molar-refractivity contribution is 0.143. The Bertz CT molecular complexity index is 80.9. The van der Waals surface area contributed by atoms with Crippen molar-refractivity contribution in [2.45, 2.75) is 19.3 Å². The van der Waals surface area contributed by atoms with Crippen molar-refractivity contribution < 1.29 is 14.9 Å². The van der Waals surface area contributed by atoms with Crippen LogP contribution in [0.5, 0.6) is 0 Å². The number of rotatable bonds is 10. The van der Waals surface area contributed by atoms with Crippen LogP contribution in [0, 0.1) is 0 Å². The van der Waals surface area contributed by atoms with Gasteiger partial charge in [-0.3, -0.25) is 0 Å². The van der Waals surface area contributed by atoms with E-state index in [1.54, 1.807) is 11.8 Å². The second-order valence-corrected chi connectivity index (χ2v) is 3.96. The Hall–Kier alpha value is 0.230. The molecule has 0 rings (SSSR count). The standard InChI is InChI=1S/C9H20O3S/c10-4-2-1-3-6-12-7-9-13-8-5-11/h10-11H,1-9H2. The molecule has 0 atom stereocenters. The van der Waals surface area contributed by atoms with E-state index in [0.29, 0.717) is 0 Å². The third kappa shape index (κ3) is 12.2. The largest absolute Gasteiger partial charge is 0.396 e. The molecule has 0 saturated carbocycles. The van der Waals surface area contributed by atoms with Gasteiger partial charge in [0.05, 0.1) is 13.2 Å². The van der Waals surface area contributed by atoms with Crippen LogP contribution in [-0.2, 0) is 4.74 Å². The highest BCUT2D eigenvalue weighted by atomic mass is 32.2. The average Bonchev–Trinajstić information content (AvgIpc) is 2.16. The third-order valence-electron chi connectivity index (χ3n) is 1.55. The van der Waals surface area contributed by atoms with Crippen molar-refractivity contribution in [1.29, 1.82) is 0 Å². The van der Waals surface area contributed by atoms with Crippen LogP contribution in [0.4, 0.5) is 0 Å².